The van der Waals surface area contributed by atoms with Crippen LogP contribution in [0.2, 0.25) is 0 Å². The van der Waals surface area contributed by atoms with Crippen LogP contribution in [-0.2, 0) is 14.8 Å². The molecule has 5 N–H and O–H groups in total. The highest BCUT2D eigenvalue weighted by atomic mass is 35.5. The highest BCUT2D eigenvalue weighted by molar-refractivity contribution is 7.89. The van der Waals surface area contributed by atoms with Crippen LogP contribution in [0.4, 0.5) is 9.18 Å². The molecule has 3 rings (SSSR count). The Kier molecular flexibility index (Phi) is 6.88. The van der Waals surface area contributed by atoms with Crippen molar-refractivity contribution in [2.45, 2.75) is 30.4 Å². The molecular weight excluding hydrogens is 427 g/mol. The monoisotopic (exact) mass is 454 g/mol. The van der Waals surface area contributed by atoms with Crippen molar-refractivity contribution in [3.8, 4) is 0 Å². The van der Waals surface area contributed by atoms with Gasteiger partial charge in [0, 0.05) is 38.3 Å². The maximum atomic E-state index is 14.6. The van der Waals surface area contributed by atoms with Crippen molar-refractivity contribution in [3.63, 3.8) is 0 Å². The van der Waals surface area contributed by atoms with Gasteiger partial charge in [0.05, 0.1) is 17.0 Å². The maximum Gasteiger partial charge on any atom is 0.314 e. The van der Waals surface area contributed by atoms with Crippen molar-refractivity contribution in [2.75, 3.05) is 39.1 Å². The second-order valence-electron chi connectivity index (χ2n) is 8.29. The van der Waals surface area contributed by atoms with Gasteiger partial charge < -0.3 is 10.6 Å². The molecule has 29 heavy (non-hydrogen) atoms. The molecule has 5 unspecified atom stereocenters. The maximum absolute atomic E-state index is 14.6. The number of rotatable bonds is 6. The Morgan fingerprint density at radius 2 is 1.97 bits per heavy atom. The standard InChI is InChI=1S/C16H28ClFN6O4S/c1-23-6-13(20-8-23)10-2-11(14(18)12(17)3-10)15(25)21-22-29(27,28)7-9-4-24(5-9)16(19)26/h9-14,20,22H,2-8H2,1H3,(H2,19,26)(H,21,25). The van der Waals surface area contributed by atoms with E-state index in [-0.39, 0.29) is 36.7 Å². The van der Waals surface area contributed by atoms with Crippen molar-refractivity contribution in [1.82, 2.24) is 25.4 Å². The summed E-state index contributed by atoms with van der Waals surface area (Å²) in [6, 6.07) is -0.480. The number of halogens is 2. The van der Waals surface area contributed by atoms with E-state index >= 15 is 0 Å². The number of carbonyl (C=O) groups excluding carboxylic acids is 2. The van der Waals surface area contributed by atoms with Crippen LogP contribution in [0.3, 0.4) is 0 Å². The number of nitrogens with zero attached hydrogens (tertiary/aromatic N) is 2. The molecule has 3 aliphatic rings. The van der Waals surface area contributed by atoms with Crippen molar-refractivity contribution in [1.29, 1.82) is 0 Å². The summed E-state index contributed by atoms with van der Waals surface area (Å²) in [5.74, 6) is -2.25. The van der Waals surface area contributed by atoms with E-state index in [4.69, 9.17) is 17.3 Å². The van der Waals surface area contributed by atoms with Gasteiger partial charge in [-0.2, -0.15) is 0 Å². The van der Waals surface area contributed by atoms with Gasteiger partial charge >= 0.3 is 6.03 Å². The van der Waals surface area contributed by atoms with Gasteiger partial charge in [0.2, 0.25) is 15.9 Å². The van der Waals surface area contributed by atoms with E-state index in [0.717, 1.165) is 13.2 Å². The summed E-state index contributed by atoms with van der Waals surface area (Å²) in [4.78, 5) is 28.9. The average Bonchev–Trinajstić information content (AvgIpc) is 3.04. The van der Waals surface area contributed by atoms with Gasteiger partial charge in [-0.1, -0.05) is 0 Å². The molecule has 3 amide bonds. The number of hydrogen-bond donors (Lipinski definition) is 4. The zero-order valence-electron chi connectivity index (χ0n) is 16.2. The first-order valence-electron chi connectivity index (χ1n) is 9.59. The molecule has 2 heterocycles. The molecular formula is C16H28ClFN6O4S. The molecule has 0 spiro atoms. The number of alkyl halides is 2. The molecule has 10 nitrogen and oxygen atoms in total. The minimum absolute atomic E-state index is 0.0246. The zero-order chi connectivity index (χ0) is 21.3. The second-order valence-corrected chi connectivity index (χ2v) is 10.6. The van der Waals surface area contributed by atoms with Crippen molar-refractivity contribution >= 4 is 33.6 Å². The quantitative estimate of drug-likeness (QED) is 0.293. The average molecular weight is 455 g/mol. The Hall–Kier alpha value is -1.21. The minimum atomic E-state index is -3.83. The summed E-state index contributed by atoms with van der Waals surface area (Å²) >= 11 is 6.16. The molecule has 166 valence electrons. The number of likely N-dealkylation sites (tertiary alicyclic amines) is 1. The molecule has 2 aliphatic heterocycles. The Morgan fingerprint density at radius 1 is 1.28 bits per heavy atom. The molecule has 0 aromatic heterocycles. The molecule has 13 heteroatoms. The molecule has 5 atom stereocenters. The number of urea groups is 1. The summed E-state index contributed by atoms with van der Waals surface area (Å²) in [7, 11) is -1.86. The van der Waals surface area contributed by atoms with E-state index in [9.17, 15) is 22.4 Å². The van der Waals surface area contributed by atoms with E-state index in [0.29, 0.717) is 12.8 Å². The lowest BCUT2D eigenvalue weighted by molar-refractivity contribution is -0.129. The van der Waals surface area contributed by atoms with Gasteiger partial charge in [-0.15, -0.1) is 16.4 Å². The number of likely N-dealkylation sites (N-methyl/N-ethyl adjacent to an activating group) is 1. The smallest absolute Gasteiger partial charge is 0.314 e. The van der Waals surface area contributed by atoms with Gasteiger partial charge in [0.1, 0.15) is 6.17 Å². The number of hydrogen-bond acceptors (Lipinski definition) is 6. The van der Waals surface area contributed by atoms with Crippen molar-refractivity contribution < 1.29 is 22.4 Å². The largest absolute Gasteiger partial charge is 0.351 e. The first-order valence-corrected chi connectivity index (χ1v) is 11.7. The van der Waals surface area contributed by atoms with Crippen LogP contribution in [0.5, 0.6) is 0 Å². The number of amides is 3. The van der Waals surface area contributed by atoms with Crippen LogP contribution >= 0.6 is 11.6 Å². The van der Waals surface area contributed by atoms with Gasteiger partial charge in [0.25, 0.3) is 0 Å². The first-order chi connectivity index (χ1) is 13.6. The number of nitrogens with two attached hydrogens (primary N) is 1. The van der Waals surface area contributed by atoms with Crippen molar-refractivity contribution in [3.05, 3.63) is 0 Å². The third kappa shape index (κ3) is 5.48. The van der Waals surface area contributed by atoms with E-state index in [1.807, 2.05) is 11.9 Å². The molecule has 1 aliphatic carbocycles. The number of sulfonamides is 1. The first kappa shape index (κ1) is 22.5. The molecule has 2 saturated heterocycles. The number of nitrogens with one attached hydrogen (secondary N) is 3. The van der Waals surface area contributed by atoms with Crippen LogP contribution in [-0.4, -0.2) is 86.9 Å². The summed E-state index contributed by atoms with van der Waals surface area (Å²) in [5, 5.41) is 2.54. The SMILES string of the molecule is CN1CNC(C2CC(Cl)C(F)C(C(=O)NNS(=O)(=O)CC3CN(C(N)=O)C3)C2)C1. The van der Waals surface area contributed by atoms with E-state index in [2.05, 4.69) is 15.6 Å². The fourth-order valence-corrected chi connectivity index (χ4v) is 5.86. The van der Waals surface area contributed by atoms with Gasteiger partial charge in [0.15, 0.2) is 0 Å². The molecule has 0 aromatic rings. The highest BCUT2D eigenvalue weighted by Gasteiger charge is 2.44. The lowest BCUT2D eigenvalue weighted by atomic mass is 9.76. The highest BCUT2D eigenvalue weighted by Crippen LogP contribution is 2.37. The van der Waals surface area contributed by atoms with Gasteiger partial charge in [-0.3, -0.25) is 20.4 Å². The topological polar surface area (TPSA) is 137 Å². The molecule has 3 fully saturated rings. The number of primary amides is 1. The third-order valence-corrected chi connectivity index (χ3v) is 7.65. The number of carbonyl (C=O) groups is 2. The fraction of sp³-hybridized carbons (Fsp3) is 0.875. The summed E-state index contributed by atoms with van der Waals surface area (Å²) in [6.45, 7) is 2.00. The Morgan fingerprint density at radius 3 is 2.55 bits per heavy atom. The number of hydrazine groups is 1. The van der Waals surface area contributed by atoms with Crippen LogP contribution in [0.25, 0.3) is 0 Å². The summed E-state index contributed by atoms with van der Waals surface area (Å²) in [6.07, 6.45) is -0.797. The molecule has 0 radical (unpaired) electrons. The van der Waals surface area contributed by atoms with E-state index < -0.39 is 39.4 Å². The Balaban J connectivity index is 1.51. The van der Waals surface area contributed by atoms with Crippen LogP contribution < -0.4 is 21.3 Å². The van der Waals surface area contributed by atoms with E-state index in [1.165, 1.54) is 4.90 Å². The van der Waals surface area contributed by atoms with Crippen LogP contribution in [0, 0.1) is 17.8 Å². The lowest BCUT2D eigenvalue weighted by Gasteiger charge is -2.38. The third-order valence-electron chi connectivity index (χ3n) is 5.91. The van der Waals surface area contributed by atoms with Gasteiger partial charge in [-0.25, -0.2) is 17.6 Å². The Bertz CT molecular complexity index is 737. The molecule has 0 bridgehead atoms. The summed E-state index contributed by atoms with van der Waals surface area (Å²) in [5.41, 5.74) is 7.24. The van der Waals surface area contributed by atoms with Crippen LogP contribution in [0.1, 0.15) is 12.8 Å². The lowest BCUT2D eigenvalue weighted by Crippen LogP contribution is -2.56. The Labute approximate surface area is 174 Å². The normalized spacial score (nSPS) is 34.0. The minimum Gasteiger partial charge on any atom is -0.351 e. The predicted octanol–water partition coefficient (Wildman–Crippen LogP) is -1.22. The van der Waals surface area contributed by atoms with Crippen molar-refractivity contribution in [2.24, 2.45) is 23.5 Å². The zero-order valence-corrected chi connectivity index (χ0v) is 17.8. The second kappa shape index (κ2) is 8.88. The van der Waals surface area contributed by atoms with Gasteiger partial charge in [-0.05, 0) is 25.8 Å². The fourth-order valence-electron chi connectivity index (χ4n) is 4.29. The van der Waals surface area contributed by atoms with E-state index in [1.54, 1.807) is 0 Å². The van der Waals surface area contributed by atoms with Crippen LogP contribution in [0.15, 0.2) is 0 Å². The molecule has 1 saturated carbocycles. The predicted molar refractivity (Wildman–Crippen MR) is 105 cm³/mol. The molecule has 0 aromatic carbocycles. The summed E-state index contributed by atoms with van der Waals surface area (Å²) < 4.78 is 38.9.